The van der Waals surface area contributed by atoms with Crippen LogP contribution in [0.15, 0.2) is 41.4 Å². The van der Waals surface area contributed by atoms with Crippen molar-refractivity contribution in [2.45, 2.75) is 13.0 Å². The Labute approximate surface area is 169 Å². The number of rotatable bonds is 4. The summed E-state index contributed by atoms with van der Waals surface area (Å²) in [5, 5.41) is 0. The molecule has 0 unspecified atom stereocenters. The fourth-order valence-corrected chi connectivity index (χ4v) is 4.02. The molecule has 4 rings (SSSR count). The first-order chi connectivity index (χ1) is 14.0. The molecule has 0 spiro atoms. The Morgan fingerprint density at radius 1 is 1.17 bits per heavy atom. The van der Waals surface area contributed by atoms with E-state index in [0.29, 0.717) is 29.5 Å². The number of methoxy groups -OCH3 is 1. The van der Waals surface area contributed by atoms with Gasteiger partial charge in [0.25, 0.3) is 5.91 Å². The summed E-state index contributed by atoms with van der Waals surface area (Å²) >= 11 is 1.30. The van der Waals surface area contributed by atoms with Crippen molar-refractivity contribution in [3.05, 3.63) is 52.6 Å². The first-order valence-electron chi connectivity index (χ1n) is 8.89. The molecule has 0 fully saturated rings. The molecular weight excluding hydrogens is 399 g/mol. The molecule has 0 radical (unpaired) electrons. The summed E-state index contributed by atoms with van der Waals surface area (Å²) in [6, 6.07) is 8.84. The highest BCUT2D eigenvalue weighted by atomic mass is 32.1. The summed E-state index contributed by atoms with van der Waals surface area (Å²) in [5.41, 5.74) is 1.04. The van der Waals surface area contributed by atoms with Crippen molar-refractivity contribution in [3.63, 3.8) is 0 Å². The number of amides is 1. The van der Waals surface area contributed by atoms with Crippen molar-refractivity contribution >= 4 is 33.4 Å². The number of hydrogen-bond acceptors (Lipinski definition) is 6. The van der Waals surface area contributed by atoms with Crippen LogP contribution in [-0.4, -0.2) is 36.8 Å². The number of aromatic nitrogens is 1. The van der Waals surface area contributed by atoms with Gasteiger partial charge in [0.1, 0.15) is 19.0 Å². The van der Waals surface area contributed by atoms with E-state index < -0.39 is 11.7 Å². The Balaban J connectivity index is 1.81. The molecule has 0 bridgehead atoms. The summed E-state index contributed by atoms with van der Waals surface area (Å²) in [4.78, 5) is 28.9. The van der Waals surface area contributed by atoms with Crippen LogP contribution in [-0.2, 0) is 16.1 Å². The monoisotopic (exact) mass is 416 g/mol. The first-order valence-corrected chi connectivity index (χ1v) is 9.71. The molecular formula is C20H17FN2O5S. The molecule has 2 heterocycles. The molecule has 2 aromatic carbocycles. The van der Waals surface area contributed by atoms with Crippen LogP contribution in [0, 0.1) is 5.82 Å². The van der Waals surface area contributed by atoms with E-state index in [0.717, 1.165) is 10.2 Å². The molecule has 150 valence electrons. The van der Waals surface area contributed by atoms with Gasteiger partial charge in [0.15, 0.2) is 16.3 Å². The molecule has 3 aromatic rings. The lowest BCUT2D eigenvalue weighted by Crippen LogP contribution is -2.19. The fourth-order valence-electron chi connectivity index (χ4n) is 2.96. The van der Waals surface area contributed by atoms with E-state index in [1.807, 2.05) is 12.1 Å². The SMILES string of the molecule is COC(=O)CCn1c(=NC(=O)c2ccc(F)cc2)sc2cc3c(cc21)OCCO3. The van der Waals surface area contributed by atoms with Gasteiger partial charge >= 0.3 is 5.97 Å². The largest absolute Gasteiger partial charge is 0.486 e. The molecule has 1 aromatic heterocycles. The van der Waals surface area contributed by atoms with E-state index in [1.165, 1.54) is 42.7 Å². The molecule has 29 heavy (non-hydrogen) atoms. The van der Waals surface area contributed by atoms with Gasteiger partial charge in [-0.15, -0.1) is 0 Å². The van der Waals surface area contributed by atoms with Gasteiger partial charge in [-0.2, -0.15) is 4.99 Å². The summed E-state index contributed by atoms with van der Waals surface area (Å²) in [6.45, 7) is 1.19. The number of nitrogens with zero attached hydrogens (tertiary/aromatic N) is 2. The molecule has 0 atom stereocenters. The second kappa shape index (κ2) is 8.04. The minimum Gasteiger partial charge on any atom is -0.486 e. The van der Waals surface area contributed by atoms with Crippen molar-refractivity contribution in [3.8, 4) is 11.5 Å². The predicted molar refractivity (Wildman–Crippen MR) is 104 cm³/mol. The number of ether oxygens (including phenoxy) is 3. The predicted octanol–water partition coefficient (Wildman–Crippen LogP) is 2.92. The smallest absolute Gasteiger partial charge is 0.307 e. The molecule has 7 nitrogen and oxygen atoms in total. The zero-order valence-corrected chi connectivity index (χ0v) is 16.3. The third-order valence-corrected chi connectivity index (χ3v) is 5.44. The molecule has 1 amide bonds. The number of esters is 1. The number of hydrogen-bond donors (Lipinski definition) is 0. The molecule has 0 saturated carbocycles. The van der Waals surface area contributed by atoms with Gasteiger partial charge in [-0.1, -0.05) is 11.3 Å². The quantitative estimate of drug-likeness (QED) is 0.611. The third kappa shape index (κ3) is 4.00. The summed E-state index contributed by atoms with van der Waals surface area (Å²) in [5.74, 6) is -0.0701. The summed E-state index contributed by atoms with van der Waals surface area (Å²) in [6.07, 6.45) is 0.120. The van der Waals surface area contributed by atoms with Gasteiger partial charge in [0, 0.05) is 24.2 Å². The van der Waals surface area contributed by atoms with Crippen molar-refractivity contribution in [1.82, 2.24) is 4.57 Å². The lowest BCUT2D eigenvalue weighted by Gasteiger charge is -2.18. The normalized spacial score (nSPS) is 13.5. The molecule has 9 heteroatoms. The van der Waals surface area contributed by atoms with Crippen LogP contribution in [0.3, 0.4) is 0 Å². The van der Waals surface area contributed by atoms with Crippen LogP contribution in [0.4, 0.5) is 4.39 Å². The molecule has 0 saturated heterocycles. The molecule has 1 aliphatic rings. The minimum atomic E-state index is -0.499. The lowest BCUT2D eigenvalue weighted by molar-refractivity contribution is -0.140. The lowest BCUT2D eigenvalue weighted by atomic mass is 10.2. The van der Waals surface area contributed by atoms with Crippen LogP contribution >= 0.6 is 11.3 Å². The average Bonchev–Trinajstić information content (AvgIpc) is 3.06. The van der Waals surface area contributed by atoms with Gasteiger partial charge in [0.2, 0.25) is 0 Å². The van der Waals surface area contributed by atoms with Gasteiger partial charge in [0.05, 0.1) is 23.7 Å². The minimum absolute atomic E-state index is 0.120. The van der Waals surface area contributed by atoms with E-state index in [9.17, 15) is 14.0 Å². The topological polar surface area (TPSA) is 79.1 Å². The number of halogens is 1. The number of carbonyl (C=O) groups is 2. The number of thiazole rings is 1. The van der Waals surface area contributed by atoms with E-state index in [-0.39, 0.29) is 24.5 Å². The van der Waals surface area contributed by atoms with Crippen LogP contribution in [0.25, 0.3) is 10.2 Å². The maximum atomic E-state index is 13.1. The highest BCUT2D eigenvalue weighted by Crippen LogP contribution is 2.35. The maximum Gasteiger partial charge on any atom is 0.307 e. The van der Waals surface area contributed by atoms with E-state index in [1.54, 1.807) is 4.57 Å². The van der Waals surface area contributed by atoms with Gasteiger partial charge < -0.3 is 18.8 Å². The van der Waals surface area contributed by atoms with Crippen LogP contribution in [0.2, 0.25) is 0 Å². The molecule has 0 aliphatic carbocycles. The second-order valence-electron chi connectivity index (χ2n) is 6.25. The Bertz CT molecular complexity index is 1150. The highest BCUT2D eigenvalue weighted by Gasteiger charge is 2.17. The second-order valence-corrected chi connectivity index (χ2v) is 7.26. The number of benzene rings is 2. The highest BCUT2D eigenvalue weighted by molar-refractivity contribution is 7.16. The van der Waals surface area contributed by atoms with Crippen molar-refractivity contribution in [2.75, 3.05) is 20.3 Å². The molecule has 0 N–H and O–H groups in total. The van der Waals surface area contributed by atoms with Crippen molar-refractivity contribution < 1.29 is 28.2 Å². The first kappa shape index (κ1) is 19.1. The van der Waals surface area contributed by atoms with Crippen molar-refractivity contribution in [2.24, 2.45) is 4.99 Å². The van der Waals surface area contributed by atoms with E-state index >= 15 is 0 Å². The number of fused-ring (bicyclic) bond motifs is 2. The van der Waals surface area contributed by atoms with E-state index in [4.69, 9.17) is 14.2 Å². The Kier molecular flexibility index (Phi) is 5.30. The van der Waals surface area contributed by atoms with Gasteiger partial charge in [-0.05, 0) is 24.3 Å². The Hall–Kier alpha value is -3.20. The zero-order chi connectivity index (χ0) is 20.4. The zero-order valence-electron chi connectivity index (χ0n) is 15.5. The van der Waals surface area contributed by atoms with Crippen LogP contribution in [0.5, 0.6) is 11.5 Å². The van der Waals surface area contributed by atoms with Gasteiger partial charge in [-0.25, -0.2) is 4.39 Å². The van der Waals surface area contributed by atoms with Crippen LogP contribution < -0.4 is 14.3 Å². The summed E-state index contributed by atoms with van der Waals surface area (Å²) < 4.78 is 31.7. The third-order valence-electron chi connectivity index (χ3n) is 4.40. The van der Waals surface area contributed by atoms with Crippen LogP contribution in [0.1, 0.15) is 16.8 Å². The summed E-state index contributed by atoms with van der Waals surface area (Å²) in [7, 11) is 1.32. The number of aryl methyl sites for hydroxylation is 1. The van der Waals surface area contributed by atoms with E-state index in [2.05, 4.69) is 4.99 Å². The number of carbonyl (C=O) groups excluding carboxylic acids is 2. The Morgan fingerprint density at radius 3 is 2.55 bits per heavy atom. The Morgan fingerprint density at radius 2 is 1.86 bits per heavy atom. The standard InChI is InChI=1S/C20H17FN2O5S/c1-26-18(24)6-7-23-14-10-15-16(28-9-8-27-15)11-17(14)29-20(23)22-19(25)12-2-4-13(21)5-3-12/h2-5,10-11H,6-9H2,1H3. The van der Waals surface area contributed by atoms with Crippen molar-refractivity contribution in [1.29, 1.82) is 0 Å². The maximum absolute atomic E-state index is 13.1. The fraction of sp³-hybridized carbons (Fsp3) is 0.250. The average molecular weight is 416 g/mol. The molecule has 1 aliphatic heterocycles. The van der Waals surface area contributed by atoms with Gasteiger partial charge in [-0.3, -0.25) is 9.59 Å².